The molecule has 0 spiro atoms. The summed E-state index contributed by atoms with van der Waals surface area (Å²) in [6.07, 6.45) is 28.6. The van der Waals surface area contributed by atoms with Crippen LogP contribution in [0.1, 0.15) is 117 Å². The van der Waals surface area contributed by atoms with Crippen LogP contribution < -0.4 is 0 Å². The van der Waals surface area contributed by atoms with Crippen LogP contribution in [0, 0.1) is 23.7 Å². The molecule has 2 unspecified atom stereocenters. The fraction of sp³-hybridized carbons (Fsp3) is 0.917. The molecule has 2 atom stereocenters. The highest BCUT2D eigenvalue weighted by molar-refractivity contribution is 4.85. The van der Waals surface area contributed by atoms with Crippen LogP contribution in [-0.2, 0) is 0 Å². The predicted octanol–water partition coefficient (Wildman–Crippen LogP) is 8.32. The molecule has 0 aromatic rings. The van der Waals surface area contributed by atoms with Crippen molar-refractivity contribution < 1.29 is 0 Å². The number of hydrogen-bond donors (Lipinski definition) is 0. The Kier molecular flexibility index (Phi) is 10.2. The summed E-state index contributed by atoms with van der Waals surface area (Å²) in [6, 6.07) is 0. The van der Waals surface area contributed by atoms with E-state index in [1.54, 1.807) is 25.7 Å². The highest BCUT2D eigenvalue weighted by atomic mass is 14.3. The minimum atomic E-state index is 1.00. The molecule has 0 bridgehead atoms. The normalized spacial score (nSPS) is 31.6. The first-order chi connectivity index (χ1) is 11.8. The molecule has 24 heavy (non-hydrogen) atoms. The third-order valence-electron chi connectivity index (χ3n) is 7.11. The van der Waals surface area contributed by atoms with Crippen molar-refractivity contribution in [3.63, 3.8) is 0 Å². The third-order valence-corrected chi connectivity index (χ3v) is 7.11. The summed E-state index contributed by atoms with van der Waals surface area (Å²) in [5.41, 5.74) is 0. The van der Waals surface area contributed by atoms with Gasteiger partial charge in [0.1, 0.15) is 0 Å². The monoisotopic (exact) mass is 332 g/mol. The van der Waals surface area contributed by atoms with Gasteiger partial charge in [0.2, 0.25) is 0 Å². The second kappa shape index (κ2) is 12.2. The van der Waals surface area contributed by atoms with Crippen LogP contribution >= 0.6 is 0 Å². The molecule has 0 aliphatic heterocycles. The van der Waals surface area contributed by atoms with Gasteiger partial charge in [0.05, 0.1) is 0 Å². The Hall–Kier alpha value is -0.260. The summed E-state index contributed by atoms with van der Waals surface area (Å²) in [5, 5.41) is 0. The van der Waals surface area contributed by atoms with E-state index in [1.807, 2.05) is 0 Å². The van der Waals surface area contributed by atoms with Gasteiger partial charge in [-0.3, -0.25) is 0 Å². The third kappa shape index (κ3) is 7.32. The molecule has 0 amide bonds. The van der Waals surface area contributed by atoms with Crippen molar-refractivity contribution in [1.29, 1.82) is 0 Å². The minimum Gasteiger partial charge on any atom is -0.0917 e. The Morgan fingerprint density at radius 3 is 1.92 bits per heavy atom. The molecule has 0 nitrogen and oxygen atoms in total. The van der Waals surface area contributed by atoms with E-state index in [9.17, 15) is 0 Å². The van der Waals surface area contributed by atoms with Gasteiger partial charge in [-0.15, -0.1) is 0 Å². The Morgan fingerprint density at radius 2 is 1.29 bits per heavy atom. The standard InChI is InChI=1S/C24H44/c1-3-5-11-21-17-19-22(20-18-21)12-7-8-14-24-16-10-9-15-23(24)13-6-4-2/h4,6,21-24H,3,5,7-20H2,1-2H3. The molecule has 2 aliphatic carbocycles. The Morgan fingerprint density at radius 1 is 0.708 bits per heavy atom. The topological polar surface area (TPSA) is 0 Å². The second-order valence-electron chi connectivity index (χ2n) is 8.92. The molecule has 0 N–H and O–H groups in total. The largest absolute Gasteiger partial charge is 0.0917 e. The summed E-state index contributed by atoms with van der Waals surface area (Å²) < 4.78 is 0. The minimum absolute atomic E-state index is 1.00. The molecule has 140 valence electrons. The molecule has 2 fully saturated rings. The van der Waals surface area contributed by atoms with Crippen LogP contribution in [-0.4, -0.2) is 0 Å². The van der Waals surface area contributed by atoms with E-state index in [1.165, 1.54) is 77.0 Å². The van der Waals surface area contributed by atoms with Crippen molar-refractivity contribution in [2.45, 2.75) is 117 Å². The lowest BCUT2D eigenvalue weighted by Crippen LogP contribution is -2.19. The number of allylic oxidation sites excluding steroid dienone is 2. The summed E-state index contributed by atoms with van der Waals surface area (Å²) in [6.45, 7) is 4.51. The quantitative estimate of drug-likeness (QED) is 0.278. The Labute approximate surface area is 152 Å². The molecule has 0 heterocycles. The molecule has 0 radical (unpaired) electrons. The highest BCUT2D eigenvalue weighted by Crippen LogP contribution is 2.37. The summed E-state index contributed by atoms with van der Waals surface area (Å²) in [5.74, 6) is 4.20. The van der Waals surface area contributed by atoms with Crippen molar-refractivity contribution in [2.24, 2.45) is 23.7 Å². The van der Waals surface area contributed by atoms with Gasteiger partial charge in [-0.25, -0.2) is 0 Å². The van der Waals surface area contributed by atoms with Crippen LogP contribution in [0.5, 0.6) is 0 Å². The number of unbranched alkanes of at least 4 members (excludes halogenated alkanes) is 2. The molecule has 0 aromatic carbocycles. The van der Waals surface area contributed by atoms with Crippen molar-refractivity contribution in [1.82, 2.24) is 0 Å². The zero-order chi connectivity index (χ0) is 17.0. The molecule has 2 aliphatic rings. The SMILES string of the molecule is CC=CCC1CCCCC1CCCCC1CCC(CCCC)CC1. The van der Waals surface area contributed by atoms with Crippen LogP contribution in [0.2, 0.25) is 0 Å². The van der Waals surface area contributed by atoms with Gasteiger partial charge < -0.3 is 0 Å². The smallest absolute Gasteiger partial charge is 0.0320 e. The fourth-order valence-electron chi connectivity index (χ4n) is 5.43. The van der Waals surface area contributed by atoms with Crippen molar-refractivity contribution in [2.75, 3.05) is 0 Å². The van der Waals surface area contributed by atoms with Gasteiger partial charge in [0.25, 0.3) is 0 Å². The van der Waals surface area contributed by atoms with Crippen molar-refractivity contribution >= 4 is 0 Å². The van der Waals surface area contributed by atoms with E-state index in [4.69, 9.17) is 0 Å². The van der Waals surface area contributed by atoms with Crippen molar-refractivity contribution in [3.8, 4) is 0 Å². The van der Waals surface area contributed by atoms with E-state index in [2.05, 4.69) is 26.0 Å². The summed E-state index contributed by atoms with van der Waals surface area (Å²) in [4.78, 5) is 0. The predicted molar refractivity (Wildman–Crippen MR) is 108 cm³/mol. The van der Waals surface area contributed by atoms with E-state index in [0.717, 1.165) is 23.7 Å². The molecule has 0 aromatic heterocycles. The molecular weight excluding hydrogens is 288 g/mol. The van der Waals surface area contributed by atoms with Gasteiger partial charge >= 0.3 is 0 Å². The van der Waals surface area contributed by atoms with Crippen LogP contribution in [0.25, 0.3) is 0 Å². The molecule has 0 saturated heterocycles. The van der Waals surface area contributed by atoms with E-state index in [0.29, 0.717) is 0 Å². The molecule has 2 saturated carbocycles. The first-order valence-corrected chi connectivity index (χ1v) is 11.4. The van der Waals surface area contributed by atoms with Crippen LogP contribution in [0.3, 0.4) is 0 Å². The first kappa shape index (κ1) is 20.1. The average molecular weight is 333 g/mol. The van der Waals surface area contributed by atoms with Crippen LogP contribution in [0.15, 0.2) is 12.2 Å². The average Bonchev–Trinajstić information content (AvgIpc) is 2.63. The number of rotatable bonds is 10. The van der Waals surface area contributed by atoms with Gasteiger partial charge in [-0.1, -0.05) is 109 Å². The zero-order valence-electron chi connectivity index (χ0n) is 16.8. The second-order valence-corrected chi connectivity index (χ2v) is 8.92. The zero-order valence-corrected chi connectivity index (χ0v) is 16.8. The van der Waals surface area contributed by atoms with E-state index >= 15 is 0 Å². The maximum absolute atomic E-state index is 2.42. The maximum atomic E-state index is 2.42. The van der Waals surface area contributed by atoms with E-state index in [-0.39, 0.29) is 0 Å². The molecular formula is C24H44. The Bertz CT molecular complexity index is 321. The van der Waals surface area contributed by atoms with E-state index < -0.39 is 0 Å². The number of hydrogen-bond acceptors (Lipinski definition) is 0. The van der Waals surface area contributed by atoms with Gasteiger partial charge in [0.15, 0.2) is 0 Å². The fourth-order valence-corrected chi connectivity index (χ4v) is 5.43. The van der Waals surface area contributed by atoms with Crippen molar-refractivity contribution in [3.05, 3.63) is 12.2 Å². The summed E-state index contributed by atoms with van der Waals surface area (Å²) >= 11 is 0. The lowest BCUT2D eigenvalue weighted by Gasteiger charge is -2.31. The Balaban J connectivity index is 1.56. The van der Waals surface area contributed by atoms with Gasteiger partial charge in [0, 0.05) is 0 Å². The van der Waals surface area contributed by atoms with Crippen LogP contribution in [0.4, 0.5) is 0 Å². The highest BCUT2D eigenvalue weighted by Gasteiger charge is 2.24. The van der Waals surface area contributed by atoms with Gasteiger partial charge in [-0.05, 0) is 43.4 Å². The lowest BCUT2D eigenvalue weighted by atomic mass is 9.74. The summed E-state index contributed by atoms with van der Waals surface area (Å²) in [7, 11) is 0. The lowest BCUT2D eigenvalue weighted by molar-refractivity contribution is 0.212. The molecule has 2 rings (SSSR count). The molecule has 0 heteroatoms. The maximum Gasteiger partial charge on any atom is -0.0320 e. The first-order valence-electron chi connectivity index (χ1n) is 11.4. The van der Waals surface area contributed by atoms with Gasteiger partial charge in [-0.2, -0.15) is 0 Å².